The van der Waals surface area contributed by atoms with Gasteiger partial charge in [-0.1, -0.05) is 48.0 Å². The van der Waals surface area contributed by atoms with Crippen LogP contribution in [0.5, 0.6) is 11.5 Å². The maximum Gasteiger partial charge on any atom is 0.251 e. The second-order valence-electron chi connectivity index (χ2n) is 11.9. The number of halogens is 3. The summed E-state index contributed by atoms with van der Waals surface area (Å²) in [6.07, 6.45) is 1.97. The van der Waals surface area contributed by atoms with E-state index in [0.717, 1.165) is 5.56 Å². The zero-order valence-corrected chi connectivity index (χ0v) is 26.4. The number of anilines is 1. The summed E-state index contributed by atoms with van der Waals surface area (Å²) in [4.78, 5) is 35.2. The quantitative estimate of drug-likeness (QED) is 0.113. The third-order valence-electron chi connectivity index (χ3n) is 8.62. The number of nitrogens with zero attached hydrogens (tertiary/aromatic N) is 2. The van der Waals surface area contributed by atoms with Crippen LogP contribution in [0.4, 0.5) is 14.5 Å². The molecule has 1 saturated carbocycles. The number of aromatic nitrogens is 1. The number of nitrogens with one attached hydrogen (secondary N) is 1. The monoisotopic (exact) mass is 659 g/mol. The van der Waals surface area contributed by atoms with Gasteiger partial charge in [0.05, 0.1) is 23.5 Å². The molecule has 2 atom stereocenters. The Bertz CT molecular complexity index is 1920. The van der Waals surface area contributed by atoms with Gasteiger partial charge >= 0.3 is 0 Å². The Morgan fingerprint density at radius 3 is 2.60 bits per heavy atom. The van der Waals surface area contributed by atoms with Crippen molar-refractivity contribution in [2.24, 2.45) is 10.7 Å². The molecule has 1 unspecified atom stereocenters. The standard InChI is InChI=1S/C35H32ClF2N5O4/c1-34(33(40)45)18-47-31-24(34)15-26(43-30(31)22-9-6-10-25(36)28(22)37)23(19-7-4-3-5-8-19)17-41-32(44)20-13-21(16-42-35(38)11-12-35)29(39)27(14-20)46-2/h3-10,13-16,23H,11-12,17-18,39H2,1-2H3,(H2,40,45)(H,41,44)/b42-16+/t23?,34-/m0/s1. The normalized spacial score (nSPS) is 18.3. The van der Waals surface area contributed by atoms with E-state index in [4.69, 9.17) is 37.5 Å². The van der Waals surface area contributed by atoms with Crippen molar-refractivity contribution in [1.82, 2.24) is 10.3 Å². The number of alkyl halides is 1. The Balaban J connectivity index is 1.41. The van der Waals surface area contributed by atoms with Gasteiger partial charge in [0.25, 0.3) is 5.91 Å². The van der Waals surface area contributed by atoms with Crippen LogP contribution in [0.15, 0.2) is 71.7 Å². The molecule has 9 nitrogen and oxygen atoms in total. The number of pyridine rings is 1. The Kier molecular flexibility index (Phi) is 8.35. The number of carbonyl (C=O) groups is 2. The first-order valence-electron chi connectivity index (χ1n) is 14.9. The third-order valence-corrected chi connectivity index (χ3v) is 8.91. The second kappa shape index (κ2) is 12.3. The minimum Gasteiger partial charge on any atom is -0.495 e. The molecule has 1 aliphatic heterocycles. The van der Waals surface area contributed by atoms with Gasteiger partial charge in [-0.3, -0.25) is 14.6 Å². The lowest BCUT2D eigenvalue weighted by Gasteiger charge is -2.23. The Morgan fingerprint density at radius 1 is 1.17 bits per heavy atom. The van der Waals surface area contributed by atoms with Crippen molar-refractivity contribution in [3.8, 4) is 22.8 Å². The largest absolute Gasteiger partial charge is 0.495 e. The molecule has 1 fully saturated rings. The van der Waals surface area contributed by atoms with E-state index in [9.17, 15) is 14.0 Å². The average Bonchev–Trinajstić information content (AvgIpc) is 3.71. The van der Waals surface area contributed by atoms with Crippen LogP contribution in [0.3, 0.4) is 0 Å². The van der Waals surface area contributed by atoms with Crippen molar-refractivity contribution >= 4 is 35.3 Å². The summed E-state index contributed by atoms with van der Waals surface area (Å²) in [6, 6.07) is 18.6. The Hall–Kier alpha value is -5.03. The average molecular weight is 660 g/mol. The highest BCUT2D eigenvalue weighted by Gasteiger charge is 2.45. The van der Waals surface area contributed by atoms with Gasteiger partial charge in [0.15, 0.2) is 11.6 Å². The lowest BCUT2D eigenvalue weighted by Crippen LogP contribution is -2.40. The fourth-order valence-electron chi connectivity index (χ4n) is 5.50. The molecule has 1 aromatic heterocycles. The summed E-state index contributed by atoms with van der Waals surface area (Å²) < 4.78 is 41.0. The summed E-state index contributed by atoms with van der Waals surface area (Å²) in [5.74, 6) is -3.48. The number of ether oxygens (including phenoxy) is 2. The number of benzene rings is 3. The van der Waals surface area contributed by atoms with Gasteiger partial charge in [-0.2, -0.15) is 0 Å². The Labute approximate surface area is 274 Å². The van der Waals surface area contributed by atoms with Crippen LogP contribution in [0, 0.1) is 5.82 Å². The molecule has 47 heavy (non-hydrogen) atoms. The van der Waals surface area contributed by atoms with Crippen molar-refractivity contribution in [2.45, 2.75) is 36.9 Å². The number of primary amides is 1. The van der Waals surface area contributed by atoms with Crippen LogP contribution in [0.2, 0.25) is 5.02 Å². The molecule has 1 aliphatic carbocycles. The van der Waals surface area contributed by atoms with E-state index in [1.54, 1.807) is 19.1 Å². The molecule has 0 saturated heterocycles. The van der Waals surface area contributed by atoms with Crippen LogP contribution in [0.25, 0.3) is 11.3 Å². The number of rotatable bonds is 10. The first-order chi connectivity index (χ1) is 22.4. The molecule has 5 N–H and O–H groups in total. The summed E-state index contributed by atoms with van der Waals surface area (Å²) in [7, 11) is 1.42. The summed E-state index contributed by atoms with van der Waals surface area (Å²) in [5.41, 5.74) is 13.5. The van der Waals surface area contributed by atoms with Gasteiger partial charge in [-0.15, -0.1) is 0 Å². The minimum atomic E-state index is -1.60. The molecule has 3 aromatic carbocycles. The number of nitrogen functional groups attached to an aromatic ring is 1. The summed E-state index contributed by atoms with van der Waals surface area (Å²) in [5, 5.41) is 2.85. The predicted octanol–water partition coefficient (Wildman–Crippen LogP) is 5.71. The molecule has 6 rings (SSSR count). The van der Waals surface area contributed by atoms with E-state index in [2.05, 4.69) is 10.3 Å². The number of hydrogen-bond acceptors (Lipinski definition) is 7. The lowest BCUT2D eigenvalue weighted by molar-refractivity contribution is -0.123. The summed E-state index contributed by atoms with van der Waals surface area (Å²) in [6.45, 7) is 1.65. The van der Waals surface area contributed by atoms with Gasteiger partial charge < -0.3 is 26.3 Å². The number of nitrogens with two attached hydrogens (primary N) is 2. The van der Waals surface area contributed by atoms with Crippen LogP contribution < -0.4 is 26.3 Å². The lowest BCUT2D eigenvalue weighted by atomic mass is 9.81. The van der Waals surface area contributed by atoms with Gasteiger partial charge in [0.1, 0.15) is 29.2 Å². The highest BCUT2D eigenvalue weighted by atomic mass is 35.5. The maximum atomic E-state index is 15.4. The molecular formula is C35H32ClF2N5O4. The smallest absolute Gasteiger partial charge is 0.251 e. The predicted molar refractivity (Wildman–Crippen MR) is 175 cm³/mol. The maximum absolute atomic E-state index is 15.4. The van der Waals surface area contributed by atoms with Gasteiger partial charge in [-0.05, 0) is 42.8 Å². The van der Waals surface area contributed by atoms with Crippen LogP contribution >= 0.6 is 11.6 Å². The van der Waals surface area contributed by atoms with E-state index in [-0.39, 0.29) is 52.2 Å². The number of aliphatic imine (C=N–C) groups is 1. The van der Waals surface area contributed by atoms with E-state index < -0.39 is 34.8 Å². The van der Waals surface area contributed by atoms with E-state index >= 15 is 4.39 Å². The molecule has 242 valence electrons. The number of carbonyl (C=O) groups excluding carboxylic acids is 2. The molecular weight excluding hydrogens is 628 g/mol. The number of methoxy groups -OCH3 is 1. The molecule has 2 heterocycles. The topological polar surface area (TPSA) is 142 Å². The Morgan fingerprint density at radius 2 is 1.91 bits per heavy atom. The molecule has 0 bridgehead atoms. The minimum absolute atomic E-state index is 0.0456. The summed E-state index contributed by atoms with van der Waals surface area (Å²) >= 11 is 6.14. The van der Waals surface area contributed by atoms with Crippen molar-refractivity contribution in [3.05, 3.63) is 106 Å². The van der Waals surface area contributed by atoms with Crippen LogP contribution in [-0.4, -0.2) is 49.1 Å². The van der Waals surface area contributed by atoms with Crippen LogP contribution in [0.1, 0.15) is 58.4 Å². The highest BCUT2D eigenvalue weighted by Crippen LogP contribution is 2.46. The fourth-order valence-corrected chi connectivity index (χ4v) is 5.68. The first kappa shape index (κ1) is 31.9. The SMILES string of the molecule is COc1cc(C(=O)NCC(c2ccccc2)c2cc3c(c(-c4cccc(Cl)c4F)n2)OC[C@]3(C)C(N)=O)cc(/C=N/C2(F)CC2)c1N. The molecule has 2 aliphatic rings. The number of fused-ring (bicyclic) bond motifs is 1. The van der Waals surface area contributed by atoms with Crippen molar-refractivity contribution < 1.29 is 27.8 Å². The van der Waals surface area contributed by atoms with Gasteiger partial charge in [0.2, 0.25) is 5.91 Å². The molecule has 0 radical (unpaired) electrons. The van der Waals surface area contributed by atoms with Crippen LogP contribution in [-0.2, 0) is 10.2 Å². The van der Waals surface area contributed by atoms with E-state index in [1.807, 2.05) is 30.3 Å². The molecule has 0 spiro atoms. The fraction of sp³-hybridized carbons (Fsp3) is 0.257. The molecule has 12 heteroatoms. The zero-order chi connectivity index (χ0) is 33.5. The molecule has 4 aromatic rings. The second-order valence-corrected chi connectivity index (χ2v) is 12.3. The number of hydrogen-bond donors (Lipinski definition) is 3. The molecule has 2 amide bonds. The van der Waals surface area contributed by atoms with Crippen molar-refractivity contribution in [3.63, 3.8) is 0 Å². The third kappa shape index (κ3) is 6.10. The number of amides is 2. The first-order valence-corrected chi connectivity index (χ1v) is 15.3. The van der Waals surface area contributed by atoms with Gasteiger partial charge in [-0.25, -0.2) is 13.8 Å². The van der Waals surface area contributed by atoms with Crippen molar-refractivity contribution in [1.29, 1.82) is 0 Å². The zero-order valence-electron chi connectivity index (χ0n) is 25.6. The van der Waals surface area contributed by atoms with E-state index in [1.165, 1.54) is 37.6 Å². The van der Waals surface area contributed by atoms with E-state index in [0.29, 0.717) is 29.7 Å². The van der Waals surface area contributed by atoms with Gasteiger partial charge in [0, 0.05) is 53.8 Å². The highest BCUT2D eigenvalue weighted by molar-refractivity contribution is 6.31. The van der Waals surface area contributed by atoms with Crippen molar-refractivity contribution in [2.75, 3.05) is 26.0 Å².